The van der Waals surface area contributed by atoms with Crippen molar-refractivity contribution in [3.8, 4) is 0 Å². The van der Waals surface area contributed by atoms with Gasteiger partial charge in [-0.15, -0.1) is 0 Å². The molecule has 0 bridgehead atoms. The standard InChI is InChI=1S/C13H21N3O/c1-3-16(13(17)11(2)4-7-14)10-12-5-8-15-9-6-12/h5-6,8-9,11H,3-4,7,10,14H2,1-2H3. The number of pyridine rings is 1. The highest BCUT2D eigenvalue weighted by molar-refractivity contribution is 5.78. The number of rotatable bonds is 6. The zero-order valence-corrected chi connectivity index (χ0v) is 10.6. The Kier molecular flexibility index (Phi) is 5.63. The summed E-state index contributed by atoms with van der Waals surface area (Å²) in [5, 5.41) is 0. The van der Waals surface area contributed by atoms with Crippen LogP contribution < -0.4 is 5.73 Å². The van der Waals surface area contributed by atoms with Gasteiger partial charge in [0.25, 0.3) is 0 Å². The maximum absolute atomic E-state index is 12.1. The molecule has 1 atom stereocenters. The van der Waals surface area contributed by atoms with Gasteiger partial charge < -0.3 is 10.6 Å². The van der Waals surface area contributed by atoms with Crippen LogP contribution in [0.4, 0.5) is 0 Å². The molecule has 0 aromatic carbocycles. The normalized spacial score (nSPS) is 12.2. The molecule has 0 radical (unpaired) electrons. The number of nitrogens with two attached hydrogens (primary N) is 1. The van der Waals surface area contributed by atoms with Crippen molar-refractivity contribution in [2.45, 2.75) is 26.8 Å². The molecular formula is C13H21N3O. The molecule has 2 N–H and O–H groups in total. The van der Waals surface area contributed by atoms with Crippen molar-refractivity contribution < 1.29 is 4.79 Å². The van der Waals surface area contributed by atoms with E-state index >= 15 is 0 Å². The van der Waals surface area contributed by atoms with Crippen LogP contribution in [-0.4, -0.2) is 28.9 Å². The van der Waals surface area contributed by atoms with Gasteiger partial charge in [-0.1, -0.05) is 6.92 Å². The summed E-state index contributed by atoms with van der Waals surface area (Å²) in [5.41, 5.74) is 6.59. The number of nitrogens with zero attached hydrogens (tertiary/aromatic N) is 2. The first-order chi connectivity index (χ1) is 8.19. The molecule has 0 saturated heterocycles. The van der Waals surface area contributed by atoms with Gasteiger partial charge in [0.15, 0.2) is 0 Å². The van der Waals surface area contributed by atoms with Crippen molar-refractivity contribution in [3.05, 3.63) is 30.1 Å². The van der Waals surface area contributed by atoms with Gasteiger partial charge in [0, 0.05) is 31.4 Å². The predicted molar refractivity (Wildman–Crippen MR) is 68.2 cm³/mol. The molecule has 0 saturated carbocycles. The second kappa shape index (κ2) is 7.01. The van der Waals surface area contributed by atoms with Gasteiger partial charge in [0.05, 0.1) is 0 Å². The van der Waals surface area contributed by atoms with Crippen LogP contribution in [0.2, 0.25) is 0 Å². The van der Waals surface area contributed by atoms with Crippen LogP contribution in [0.1, 0.15) is 25.8 Å². The van der Waals surface area contributed by atoms with E-state index < -0.39 is 0 Å². The Hall–Kier alpha value is -1.42. The van der Waals surface area contributed by atoms with Gasteiger partial charge in [0.2, 0.25) is 5.91 Å². The van der Waals surface area contributed by atoms with Crippen LogP contribution in [-0.2, 0) is 11.3 Å². The third-order valence-corrected chi connectivity index (χ3v) is 2.84. The summed E-state index contributed by atoms with van der Waals surface area (Å²) in [6.07, 6.45) is 4.24. The van der Waals surface area contributed by atoms with Gasteiger partial charge in [-0.25, -0.2) is 0 Å². The first-order valence-electron chi connectivity index (χ1n) is 6.06. The summed E-state index contributed by atoms with van der Waals surface area (Å²) in [6, 6.07) is 3.87. The SMILES string of the molecule is CCN(Cc1ccncc1)C(=O)C(C)CCN. The average molecular weight is 235 g/mol. The maximum Gasteiger partial charge on any atom is 0.225 e. The minimum Gasteiger partial charge on any atom is -0.338 e. The Morgan fingerprint density at radius 1 is 1.47 bits per heavy atom. The van der Waals surface area contributed by atoms with Crippen LogP contribution in [0, 0.1) is 5.92 Å². The highest BCUT2D eigenvalue weighted by Gasteiger charge is 2.18. The summed E-state index contributed by atoms with van der Waals surface area (Å²) >= 11 is 0. The fraction of sp³-hybridized carbons (Fsp3) is 0.538. The molecule has 0 aliphatic rings. The molecule has 4 nitrogen and oxygen atoms in total. The Labute approximate surface area is 103 Å². The smallest absolute Gasteiger partial charge is 0.225 e. The molecule has 1 unspecified atom stereocenters. The van der Waals surface area contributed by atoms with Gasteiger partial charge in [-0.2, -0.15) is 0 Å². The fourth-order valence-electron chi connectivity index (χ4n) is 1.74. The maximum atomic E-state index is 12.1. The molecule has 1 aromatic rings. The van der Waals surface area contributed by atoms with E-state index in [1.807, 2.05) is 30.9 Å². The molecule has 0 fully saturated rings. The lowest BCUT2D eigenvalue weighted by Crippen LogP contribution is -2.35. The van der Waals surface area contributed by atoms with Crippen LogP contribution in [0.25, 0.3) is 0 Å². The number of carbonyl (C=O) groups is 1. The lowest BCUT2D eigenvalue weighted by Gasteiger charge is -2.24. The van der Waals surface area contributed by atoms with Crippen LogP contribution in [0.15, 0.2) is 24.5 Å². The third kappa shape index (κ3) is 4.15. The Balaban J connectivity index is 2.62. The molecule has 0 aliphatic carbocycles. The predicted octanol–water partition coefficient (Wildman–Crippen LogP) is 1.41. The van der Waals surface area contributed by atoms with Gasteiger partial charge in [-0.05, 0) is 37.6 Å². The Bertz CT molecular complexity index is 340. The molecule has 1 heterocycles. The minimum absolute atomic E-state index is 0.00165. The van der Waals surface area contributed by atoms with Crippen molar-refractivity contribution in [2.24, 2.45) is 11.7 Å². The third-order valence-electron chi connectivity index (χ3n) is 2.84. The van der Waals surface area contributed by atoms with Crippen LogP contribution in [0.3, 0.4) is 0 Å². The monoisotopic (exact) mass is 235 g/mol. The van der Waals surface area contributed by atoms with Crippen molar-refractivity contribution in [1.82, 2.24) is 9.88 Å². The van der Waals surface area contributed by atoms with Gasteiger partial charge >= 0.3 is 0 Å². The quantitative estimate of drug-likeness (QED) is 0.811. The number of hydrogen-bond acceptors (Lipinski definition) is 3. The van der Waals surface area contributed by atoms with E-state index in [1.54, 1.807) is 12.4 Å². The highest BCUT2D eigenvalue weighted by atomic mass is 16.2. The number of amides is 1. The second-order valence-electron chi connectivity index (χ2n) is 4.19. The van der Waals surface area contributed by atoms with Crippen LogP contribution >= 0.6 is 0 Å². The summed E-state index contributed by atoms with van der Waals surface area (Å²) in [6.45, 7) is 5.85. The van der Waals surface area contributed by atoms with E-state index in [0.29, 0.717) is 13.1 Å². The number of aromatic nitrogens is 1. The molecule has 17 heavy (non-hydrogen) atoms. The van der Waals surface area contributed by atoms with E-state index in [4.69, 9.17) is 5.73 Å². The molecule has 1 rings (SSSR count). The van der Waals surface area contributed by atoms with E-state index in [2.05, 4.69) is 4.98 Å². The van der Waals surface area contributed by atoms with Crippen molar-refractivity contribution in [3.63, 3.8) is 0 Å². The molecule has 4 heteroatoms. The Morgan fingerprint density at radius 2 is 2.12 bits per heavy atom. The molecular weight excluding hydrogens is 214 g/mol. The fourth-order valence-corrected chi connectivity index (χ4v) is 1.74. The van der Waals surface area contributed by atoms with Gasteiger partial charge in [0.1, 0.15) is 0 Å². The first-order valence-corrected chi connectivity index (χ1v) is 6.06. The van der Waals surface area contributed by atoms with Crippen molar-refractivity contribution in [1.29, 1.82) is 0 Å². The first kappa shape index (κ1) is 13.6. The molecule has 94 valence electrons. The van der Waals surface area contributed by atoms with Crippen molar-refractivity contribution >= 4 is 5.91 Å². The van der Waals surface area contributed by atoms with E-state index in [0.717, 1.165) is 18.5 Å². The molecule has 0 spiro atoms. The molecule has 0 aliphatic heterocycles. The number of carbonyl (C=O) groups excluding carboxylic acids is 1. The summed E-state index contributed by atoms with van der Waals surface area (Å²) in [7, 11) is 0. The van der Waals surface area contributed by atoms with E-state index in [9.17, 15) is 4.79 Å². The number of hydrogen-bond donors (Lipinski definition) is 1. The summed E-state index contributed by atoms with van der Waals surface area (Å²) in [4.78, 5) is 17.9. The largest absolute Gasteiger partial charge is 0.338 e. The lowest BCUT2D eigenvalue weighted by atomic mass is 10.1. The summed E-state index contributed by atoms with van der Waals surface area (Å²) < 4.78 is 0. The molecule has 1 amide bonds. The average Bonchev–Trinajstić information content (AvgIpc) is 2.36. The zero-order chi connectivity index (χ0) is 12.7. The topological polar surface area (TPSA) is 59.2 Å². The summed E-state index contributed by atoms with van der Waals surface area (Å²) in [5.74, 6) is 0.177. The zero-order valence-electron chi connectivity index (χ0n) is 10.6. The second-order valence-corrected chi connectivity index (χ2v) is 4.19. The van der Waals surface area contributed by atoms with Crippen LogP contribution in [0.5, 0.6) is 0 Å². The Morgan fingerprint density at radius 3 is 2.65 bits per heavy atom. The van der Waals surface area contributed by atoms with Crippen molar-refractivity contribution in [2.75, 3.05) is 13.1 Å². The minimum atomic E-state index is 0.00165. The van der Waals surface area contributed by atoms with Gasteiger partial charge in [-0.3, -0.25) is 9.78 Å². The highest BCUT2D eigenvalue weighted by Crippen LogP contribution is 2.10. The van der Waals surface area contributed by atoms with E-state index in [-0.39, 0.29) is 11.8 Å². The molecule has 1 aromatic heterocycles. The van der Waals surface area contributed by atoms with E-state index in [1.165, 1.54) is 0 Å². The lowest BCUT2D eigenvalue weighted by molar-refractivity contribution is -0.135.